The Balaban J connectivity index is 3.20. The van der Waals surface area contributed by atoms with E-state index in [4.69, 9.17) is 10.3 Å². The van der Waals surface area contributed by atoms with Crippen LogP contribution in [0, 0.1) is 0 Å². The Bertz CT molecular complexity index is 686. The summed E-state index contributed by atoms with van der Waals surface area (Å²) >= 11 is 0. The highest BCUT2D eigenvalue weighted by Gasteiger charge is 2.42. The number of amides is 1. The highest BCUT2D eigenvalue weighted by molar-refractivity contribution is 5.82. The van der Waals surface area contributed by atoms with E-state index in [1.807, 2.05) is 0 Å². The maximum atomic E-state index is 12.3. The number of carboxylic acids is 1. The molecule has 8 heteroatoms. The standard InChI is InChI=1S/C17H24N4O4/c1-16(2,3)25-15(24)21(6)13(14(22)23)17(4,5)11-7-9-12(10-8-11)19-20-18/h7-10,13H,1-6H3,(H,22,23). The molecule has 1 unspecified atom stereocenters. The second-order valence-electron chi connectivity index (χ2n) is 7.29. The zero-order valence-electron chi connectivity index (χ0n) is 15.3. The fourth-order valence-corrected chi connectivity index (χ4v) is 2.56. The van der Waals surface area contributed by atoms with Crippen LogP contribution in [-0.2, 0) is 14.9 Å². The Morgan fingerprint density at radius 3 is 2.12 bits per heavy atom. The molecule has 136 valence electrons. The number of azide groups is 1. The van der Waals surface area contributed by atoms with E-state index in [1.54, 1.807) is 58.9 Å². The molecule has 0 aliphatic heterocycles. The van der Waals surface area contributed by atoms with E-state index in [0.29, 0.717) is 11.3 Å². The second-order valence-corrected chi connectivity index (χ2v) is 7.29. The molecule has 0 bridgehead atoms. The van der Waals surface area contributed by atoms with Crippen molar-refractivity contribution in [1.82, 2.24) is 4.90 Å². The van der Waals surface area contributed by atoms with Gasteiger partial charge in [-0.05, 0) is 31.9 Å². The molecule has 25 heavy (non-hydrogen) atoms. The third-order valence-electron chi connectivity index (χ3n) is 3.76. The summed E-state index contributed by atoms with van der Waals surface area (Å²) in [7, 11) is 1.41. The molecule has 1 aromatic rings. The van der Waals surface area contributed by atoms with Gasteiger partial charge in [0.15, 0.2) is 0 Å². The number of carbonyl (C=O) groups excluding carboxylic acids is 1. The van der Waals surface area contributed by atoms with E-state index in [9.17, 15) is 14.7 Å². The predicted molar refractivity (Wildman–Crippen MR) is 93.7 cm³/mol. The quantitative estimate of drug-likeness (QED) is 0.487. The lowest BCUT2D eigenvalue weighted by Gasteiger charge is -2.38. The molecular formula is C17H24N4O4. The van der Waals surface area contributed by atoms with Crippen molar-refractivity contribution in [2.75, 3.05) is 7.05 Å². The fourth-order valence-electron chi connectivity index (χ4n) is 2.56. The van der Waals surface area contributed by atoms with Gasteiger partial charge in [0.05, 0.1) is 0 Å². The summed E-state index contributed by atoms with van der Waals surface area (Å²) in [5, 5.41) is 13.2. The van der Waals surface area contributed by atoms with Gasteiger partial charge >= 0.3 is 12.1 Å². The van der Waals surface area contributed by atoms with Gasteiger partial charge in [-0.15, -0.1) is 0 Å². The van der Waals surface area contributed by atoms with Crippen molar-refractivity contribution >= 4 is 17.7 Å². The number of aliphatic carboxylic acids is 1. The van der Waals surface area contributed by atoms with Crippen LogP contribution in [0.3, 0.4) is 0 Å². The maximum Gasteiger partial charge on any atom is 0.410 e. The number of likely N-dealkylation sites (N-methyl/N-ethyl adjacent to an activating group) is 1. The van der Waals surface area contributed by atoms with E-state index in [2.05, 4.69) is 10.0 Å². The van der Waals surface area contributed by atoms with Crippen LogP contribution in [0.5, 0.6) is 0 Å². The number of carbonyl (C=O) groups is 2. The first-order valence-corrected chi connectivity index (χ1v) is 7.74. The molecule has 0 spiro atoms. The van der Waals surface area contributed by atoms with Gasteiger partial charge in [0, 0.05) is 23.1 Å². The predicted octanol–water partition coefficient (Wildman–Crippen LogP) is 4.23. The largest absolute Gasteiger partial charge is 0.480 e. The van der Waals surface area contributed by atoms with Crippen molar-refractivity contribution in [3.8, 4) is 0 Å². The minimum atomic E-state index is -1.15. The molecule has 0 heterocycles. The Kier molecular flexibility index (Phi) is 6.05. The van der Waals surface area contributed by atoms with Gasteiger partial charge in [-0.3, -0.25) is 4.90 Å². The summed E-state index contributed by atoms with van der Waals surface area (Å²) in [5.41, 5.74) is 7.93. The minimum Gasteiger partial charge on any atom is -0.480 e. The highest BCUT2D eigenvalue weighted by Crippen LogP contribution is 2.32. The van der Waals surface area contributed by atoms with E-state index in [1.165, 1.54) is 7.05 Å². The summed E-state index contributed by atoms with van der Waals surface area (Å²) in [6.07, 6.45) is -0.710. The van der Waals surface area contributed by atoms with Crippen LogP contribution in [0.1, 0.15) is 40.2 Å². The van der Waals surface area contributed by atoms with Crippen LogP contribution in [0.15, 0.2) is 29.4 Å². The first-order chi connectivity index (χ1) is 11.4. The van der Waals surface area contributed by atoms with Gasteiger partial charge in [-0.1, -0.05) is 43.2 Å². The summed E-state index contributed by atoms with van der Waals surface area (Å²) in [5.74, 6) is -1.14. The van der Waals surface area contributed by atoms with Crippen LogP contribution in [-0.4, -0.2) is 40.8 Å². The molecule has 1 amide bonds. The van der Waals surface area contributed by atoms with Gasteiger partial charge in [0.25, 0.3) is 0 Å². The molecule has 0 aromatic heterocycles. The summed E-state index contributed by atoms with van der Waals surface area (Å²) in [6, 6.07) is 5.42. The van der Waals surface area contributed by atoms with Crippen molar-refractivity contribution in [2.24, 2.45) is 5.11 Å². The number of carboxylic acid groups (broad SMARTS) is 1. The summed E-state index contributed by atoms with van der Waals surface area (Å²) in [4.78, 5) is 28.0. The Hall–Kier alpha value is -2.73. The second kappa shape index (κ2) is 7.44. The molecule has 0 aliphatic rings. The van der Waals surface area contributed by atoms with Gasteiger partial charge in [-0.2, -0.15) is 0 Å². The van der Waals surface area contributed by atoms with Crippen molar-refractivity contribution in [3.63, 3.8) is 0 Å². The third kappa shape index (κ3) is 5.12. The lowest BCUT2D eigenvalue weighted by atomic mass is 9.77. The van der Waals surface area contributed by atoms with E-state index >= 15 is 0 Å². The molecule has 1 N–H and O–H groups in total. The number of nitrogens with zero attached hydrogens (tertiary/aromatic N) is 4. The van der Waals surface area contributed by atoms with Crippen LogP contribution in [0.2, 0.25) is 0 Å². The van der Waals surface area contributed by atoms with Crippen molar-refractivity contribution in [2.45, 2.75) is 51.7 Å². The average Bonchev–Trinajstić information content (AvgIpc) is 2.45. The van der Waals surface area contributed by atoms with Gasteiger partial charge in [-0.25, -0.2) is 9.59 Å². The number of hydrogen-bond acceptors (Lipinski definition) is 4. The summed E-state index contributed by atoms with van der Waals surface area (Å²) < 4.78 is 5.28. The molecular weight excluding hydrogens is 324 g/mol. The molecule has 0 aliphatic carbocycles. The van der Waals surface area contributed by atoms with E-state index in [-0.39, 0.29) is 0 Å². The van der Waals surface area contributed by atoms with Crippen LogP contribution < -0.4 is 0 Å². The van der Waals surface area contributed by atoms with Gasteiger partial charge in [0.1, 0.15) is 11.6 Å². The molecule has 0 fully saturated rings. The van der Waals surface area contributed by atoms with Crippen molar-refractivity contribution < 1.29 is 19.4 Å². The Morgan fingerprint density at radius 2 is 1.72 bits per heavy atom. The lowest BCUT2D eigenvalue weighted by molar-refractivity contribution is -0.145. The van der Waals surface area contributed by atoms with E-state index in [0.717, 1.165) is 4.90 Å². The highest BCUT2D eigenvalue weighted by atomic mass is 16.6. The van der Waals surface area contributed by atoms with Crippen LogP contribution >= 0.6 is 0 Å². The topological polar surface area (TPSA) is 116 Å². The SMILES string of the molecule is CN(C(=O)OC(C)(C)C)C(C(=O)O)C(C)(C)c1ccc(N=[N+]=[N-])cc1. The molecule has 0 saturated heterocycles. The first-order valence-electron chi connectivity index (χ1n) is 7.74. The van der Waals surface area contributed by atoms with E-state index < -0.39 is 29.1 Å². The van der Waals surface area contributed by atoms with Crippen LogP contribution in [0.4, 0.5) is 10.5 Å². The first kappa shape index (κ1) is 20.3. The zero-order valence-corrected chi connectivity index (χ0v) is 15.3. The number of hydrogen-bond donors (Lipinski definition) is 1. The Morgan fingerprint density at radius 1 is 1.20 bits per heavy atom. The average molecular weight is 348 g/mol. The maximum absolute atomic E-state index is 12.3. The molecule has 1 aromatic carbocycles. The molecule has 8 nitrogen and oxygen atoms in total. The third-order valence-corrected chi connectivity index (χ3v) is 3.76. The molecule has 1 atom stereocenters. The lowest BCUT2D eigenvalue weighted by Crippen LogP contribution is -2.54. The van der Waals surface area contributed by atoms with Crippen LogP contribution in [0.25, 0.3) is 10.4 Å². The minimum absolute atomic E-state index is 0.425. The monoisotopic (exact) mass is 348 g/mol. The molecule has 0 radical (unpaired) electrons. The number of benzene rings is 1. The van der Waals surface area contributed by atoms with Crippen molar-refractivity contribution in [1.29, 1.82) is 0 Å². The summed E-state index contributed by atoms with van der Waals surface area (Å²) in [6.45, 7) is 8.61. The van der Waals surface area contributed by atoms with Gasteiger partial charge < -0.3 is 9.84 Å². The fraction of sp³-hybridized carbons (Fsp3) is 0.529. The molecule has 0 saturated carbocycles. The number of ether oxygens (including phenoxy) is 1. The zero-order chi connectivity index (χ0) is 19.4. The smallest absolute Gasteiger partial charge is 0.410 e. The van der Waals surface area contributed by atoms with Gasteiger partial charge in [0.2, 0.25) is 0 Å². The number of rotatable bonds is 5. The molecule has 1 rings (SSSR count). The van der Waals surface area contributed by atoms with Crippen molar-refractivity contribution in [3.05, 3.63) is 40.3 Å². The Labute approximate surface area is 147 Å². The normalized spacial score (nSPS) is 12.7.